The van der Waals surface area contributed by atoms with Crippen molar-refractivity contribution in [2.45, 2.75) is 37.4 Å². The fourth-order valence-corrected chi connectivity index (χ4v) is 1.14. The van der Waals surface area contributed by atoms with Crippen molar-refractivity contribution in [1.29, 1.82) is 0 Å². The zero-order valence-electron chi connectivity index (χ0n) is 8.84. The van der Waals surface area contributed by atoms with Gasteiger partial charge >= 0.3 is 0 Å². The normalized spacial score (nSPS) is 10.3. The van der Waals surface area contributed by atoms with Crippen molar-refractivity contribution in [3.05, 3.63) is 36.4 Å². The zero-order chi connectivity index (χ0) is 10.9. The van der Waals surface area contributed by atoms with Gasteiger partial charge in [-0.1, -0.05) is 56.2 Å². The predicted molar refractivity (Wildman–Crippen MR) is 66.1 cm³/mol. The van der Waals surface area contributed by atoms with E-state index in [2.05, 4.69) is 6.92 Å². The Labute approximate surface area is 97.2 Å². The van der Waals surface area contributed by atoms with Crippen LogP contribution in [0.4, 0.5) is 0 Å². The number of alkyl halides is 2. The molecule has 0 spiro atoms. The molecule has 0 heterocycles. The molecule has 0 amide bonds. The molecule has 0 unspecified atom stereocenters. The summed E-state index contributed by atoms with van der Waals surface area (Å²) in [4.78, 5) is 0. The van der Waals surface area contributed by atoms with Gasteiger partial charge in [-0.3, -0.25) is 0 Å². The van der Waals surface area contributed by atoms with Gasteiger partial charge < -0.3 is 0 Å². The Morgan fingerprint density at radius 1 is 0.929 bits per heavy atom. The summed E-state index contributed by atoms with van der Waals surface area (Å²) >= 11 is 11.4. The van der Waals surface area contributed by atoms with Crippen LogP contribution in [-0.2, 0) is 0 Å². The Bertz CT molecular complexity index is 175. The average molecular weight is 233 g/mol. The minimum atomic E-state index is -0.504. The van der Waals surface area contributed by atoms with Gasteiger partial charge in [-0.2, -0.15) is 0 Å². The van der Waals surface area contributed by atoms with Gasteiger partial charge in [0.1, 0.15) is 4.33 Å². The standard InChI is InChI=1S/C6H12Cl2.C6H6/c1-3-4-5-6(2,7)8;1-2-4-6-5-3-1/h3-5H2,1-2H3;1-6H. The minimum Gasteiger partial charge on any atom is -0.102 e. The second-order valence-electron chi connectivity index (χ2n) is 3.33. The summed E-state index contributed by atoms with van der Waals surface area (Å²) in [6.07, 6.45) is 3.17. The number of benzene rings is 1. The molecule has 1 aromatic rings. The molecule has 80 valence electrons. The maximum Gasteiger partial charge on any atom is 0.115 e. The molecule has 14 heavy (non-hydrogen) atoms. The Balaban J connectivity index is 0.000000249. The van der Waals surface area contributed by atoms with Crippen LogP contribution in [0, 0.1) is 0 Å². The molecule has 0 atom stereocenters. The molecule has 0 aliphatic rings. The van der Waals surface area contributed by atoms with E-state index in [-0.39, 0.29) is 0 Å². The first-order valence-electron chi connectivity index (χ1n) is 4.94. The number of halogens is 2. The molecule has 0 N–H and O–H groups in total. The van der Waals surface area contributed by atoms with Gasteiger partial charge in [0.2, 0.25) is 0 Å². The predicted octanol–water partition coefficient (Wildman–Crippen LogP) is 5.06. The van der Waals surface area contributed by atoms with Crippen LogP contribution in [0.3, 0.4) is 0 Å². The molecule has 0 saturated carbocycles. The molecule has 0 bridgehead atoms. The largest absolute Gasteiger partial charge is 0.115 e. The third kappa shape index (κ3) is 11.8. The molecule has 0 fully saturated rings. The summed E-state index contributed by atoms with van der Waals surface area (Å²) in [6, 6.07) is 12.0. The maximum absolute atomic E-state index is 5.68. The van der Waals surface area contributed by atoms with Crippen molar-refractivity contribution >= 4 is 23.2 Å². The first-order chi connectivity index (χ1) is 6.56. The van der Waals surface area contributed by atoms with Crippen LogP contribution >= 0.6 is 23.2 Å². The van der Waals surface area contributed by atoms with Crippen LogP contribution in [0.5, 0.6) is 0 Å². The van der Waals surface area contributed by atoms with Crippen molar-refractivity contribution in [1.82, 2.24) is 0 Å². The van der Waals surface area contributed by atoms with Crippen LogP contribution in [0.2, 0.25) is 0 Å². The van der Waals surface area contributed by atoms with E-state index in [9.17, 15) is 0 Å². The van der Waals surface area contributed by atoms with E-state index >= 15 is 0 Å². The third-order valence-electron chi connectivity index (χ3n) is 1.64. The summed E-state index contributed by atoms with van der Waals surface area (Å²) in [6.45, 7) is 3.95. The second-order valence-corrected chi connectivity index (χ2v) is 5.19. The van der Waals surface area contributed by atoms with Crippen molar-refractivity contribution in [2.24, 2.45) is 0 Å². The number of hydrogen-bond donors (Lipinski definition) is 0. The fraction of sp³-hybridized carbons (Fsp3) is 0.500. The van der Waals surface area contributed by atoms with Crippen molar-refractivity contribution < 1.29 is 0 Å². The van der Waals surface area contributed by atoms with Crippen LogP contribution < -0.4 is 0 Å². The molecule has 0 saturated heterocycles. The molecular formula is C12H18Cl2. The minimum absolute atomic E-state index is 0.504. The highest BCUT2D eigenvalue weighted by atomic mass is 35.5. The van der Waals surface area contributed by atoms with Crippen LogP contribution in [0.1, 0.15) is 33.1 Å². The first kappa shape index (κ1) is 13.8. The van der Waals surface area contributed by atoms with Crippen LogP contribution in [0.15, 0.2) is 36.4 Å². The van der Waals surface area contributed by atoms with E-state index in [0.717, 1.165) is 19.3 Å². The SMILES string of the molecule is CCCCC(C)(Cl)Cl.c1ccccc1. The summed E-state index contributed by atoms with van der Waals surface area (Å²) in [5.74, 6) is 0. The van der Waals surface area contributed by atoms with E-state index in [1.807, 2.05) is 43.3 Å². The molecule has 0 radical (unpaired) electrons. The highest BCUT2D eigenvalue weighted by Crippen LogP contribution is 2.25. The van der Waals surface area contributed by atoms with Gasteiger partial charge in [-0.25, -0.2) is 0 Å². The van der Waals surface area contributed by atoms with Crippen molar-refractivity contribution in [3.63, 3.8) is 0 Å². The monoisotopic (exact) mass is 232 g/mol. The molecule has 0 nitrogen and oxygen atoms in total. The van der Waals surface area contributed by atoms with Crippen LogP contribution in [0.25, 0.3) is 0 Å². The lowest BCUT2D eigenvalue weighted by Gasteiger charge is -2.10. The number of unbranched alkanes of at least 4 members (excludes halogenated alkanes) is 1. The highest BCUT2D eigenvalue weighted by molar-refractivity contribution is 6.48. The van der Waals surface area contributed by atoms with Crippen molar-refractivity contribution in [2.75, 3.05) is 0 Å². The van der Waals surface area contributed by atoms with Gasteiger partial charge in [-0.05, 0) is 13.3 Å². The smallest absolute Gasteiger partial charge is 0.102 e. The lowest BCUT2D eigenvalue weighted by atomic mass is 10.2. The molecule has 1 aromatic carbocycles. The molecule has 2 heteroatoms. The molecule has 1 rings (SSSR count). The Kier molecular flexibility index (Phi) is 8.02. The Morgan fingerprint density at radius 2 is 1.29 bits per heavy atom. The zero-order valence-corrected chi connectivity index (χ0v) is 10.4. The highest BCUT2D eigenvalue weighted by Gasteiger charge is 2.13. The van der Waals surface area contributed by atoms with E-state index in [1.54, 1.807) is 0 Å². The summed E-state index contributed by atoms with van der Waals surface area (Å²) in [5, 5.41) is 0. The Hall–Kier alpha value is -0.200. The van der Waals surface area contributed by atoms with Gasteiger partial charge in [0.05, 0.1) is 0 Å². The van der Waals surface area contributed by atoms with Gasteiger partial charge in [0.25, 0.3) is 0 Å². The average Bonchev–Trinajstić information content (AvgIpc) is 2.17. The second kappa shape index (κ2) is 8.14. The van der Waals surface area contributed by atoms with Crippen molar-refractivity contribution in [3.8, 4) is 0 Å². The number of rotatable bonds is 3. The Morgan fingerprint density at radius 3 is 1.43 bits per heavy atom. The summed E-state index contributed by atoms with van der Waals surface area (Å²) in [7, 11) is 0. The van der Waals surface area contributed by atoms with Crippen LogP contribution in [-0.4, -0.2) is 4.33 Å². The lowest BCUT2D eigenvalue weighted by Crippen LogP contribution is -2.04. The van der Waals surface area contributed by atoms with E-state index < -0.39 is 4.33 Å². The fourth-order valence-electron chi connectivity index (χ4n) is 0.872. The third-order valence-corrected chi connectivity index (χ3v) is 2.01. The van der Waals surface area contributed by atoms with Gasteiger partial charge in [0, 0.05) is 0 Å². The summed E-state index contributed by atoms with van der Waals surface area (Å²) < 4.78 is -0.504. The molecule has 0 aliphatic heterocycles. The van der Waals surface area contributed by atoms with E-state index in [1.165, 1.54) is 0 Å². The topological polar surface area (TPSA) is 0 Å². The summed E-state index contributed by atoms with van der Waals surface area (Å²) in [5.41, 5.74) is 0. The molecule has 0 aliphatic carbocycles. The molecular weight excluding hydrogens is 215 g/mol. The number of hydrogen-bond acceptors (Lipinski definition) is 0. The van der Waals surface area contributed by atoms with Gasteiger partial charge in [0.15, 0.2) is 0 Å². The van der Waals surface area contributed by atoms with Gasteiger partial charge in [-0.15, -0.1) is 23.2 Å². The quantitative estimate of drug-likeness (QED) is 0.640. The van der Waals surface area contributed by atoms with E-state index in [4.69, 9.17) is 23.2 Å². The maximum atomic E-state index is 5.68. The molecule has 0 aromatic heterocycles. The first-order valence-corrected chi connectivity index (χ1v) is 5.69. The lowest BCUT2D eigenvalue weighted by molar-refractivity contribution is 0.671. The van der Waals surface area contributed by atoms with E-state index in [0.29, 0.717) is 0 Å².